The van der Waals surface area contributed by atoms with Crippen molar-refractivity contribution in [2.45, 2.75) is 37.8 Å². The number of halogens is 1. The Labute approximate surface area is 89.3 Å². The highest BCUT2D eigenvalue weighted by atomic mass is 19.1. The molecular weight excluding hydrogens is 197 g/mol. The van der Waals surface area contributed by atoms with E-state index in [-0.39, 0.29) is 6.42 Å². The van der Waals surface area contributed by atoms with Gasteiger partial charge in [0.15, 0.2) is 0 Å². The zero-order valence-corrected chi connectivity index (χ0v) is 8.91. The van der Waals surface area contributed by atoms with Gasteiger partial charge in [-0.1, -0.05) is 0 Å². The van der Waals surface area contributed by atoms with E-state index < -0.39 is 17.6 Å². The van der Waals surface area contributed by atoms with E-state index in [9.17, 15) is 9.18 Å². The molecule has 4 heteroatoms. The molecule has 1 N–H and O–H groups in total. The summed E-state index contributed by atoms with van der Waals surface area (Å²) in [6, 6.07) is 0. The van der Waals surface area contributed by atoms with Crippen LogP contribution in [0, 0.1) is 5.92 Å². The lowest BCUT2D eigenvalue weighted by Gasteiger charge is -2.25. The average molecular weight is 215 g/mol. The molecule has 2 aliphatic rings. The van der Waals surface area contributed by atoms with Gasteiger partial charge in [0.05, 0.1) is 5.92 Å². The maximum absolute atomic E-state index is 14.3. The molecule has 2 rings (SSSR count). The van der Waals surface area contributed by atoms with Gasteiger partial charge in [0.25, 0.3) is 0 Å². The second-order valence-electron chi connectivity index (χ2n) is 4.91. The van der Waals surface area contributed by atoms with E-state index >= 15 is 0 Å². The van der Waals surface area contributed by atoms with Gasteiger partial charge in [-0.3, -0.25) is 4.79 Å². The summed E-state index contributed by atoms with van der Waals surface area (Å²) >= 11 is 0. The van der Waals surface area contributed by atoms with Crippen LogP contribution in [0.5, 0.6) is 0 Å². The van der Waals surface area contributed by atoms with Gasteiger partial charge in [-0.25, -0.2) is 4.39 Å². The molecule has 2 atom stereocenters. The van der Waals surface area contributed by atoms with Crippen molar-refractivity contribution < 1.29 is 14.3 Å². The van der Waals surface area contributed by atoms with Crippen molar-refractivity contribution in [3.8, 4) is 0 Å². The Balaban J connectivity index is 1.88. The number of hydrogen-bond donors (Lipinski definition) is 1. The second kappa shape index (κ2) is 4.08. The summed E-state index contributed by atoms with van der Waals surface area (Å²) in [5.41, 5.74) is -1.24. The van der Waals surface area contributed by atoms with Crippen LogP contribution in [-0.4, -0.2) is 41.3 Å². The highest BCUT2D eigenvalue weighted by Crippen LogP contribution is 2.38. The first-order valence-corrected chi connectivity index (χ1v) is 5.73. The summed E-state index contributed by atoms with van der Waals surface area (Å²) in [4.78, 5) is 12.9. The number of aliphatic carboxylic acids is 1. The van der Waals surface area contributed by atoms with Gasteiger partial charge < -0.3 is 10.0 Å². The van der Waals surface area contributed by atoms with E-state index in [1.807, 2.05) is 0 Å². The number of rotatable bonds is 3. The smallest absolute Gasteiger partial charge is 0.306 e. The number of hydrogen-bond acceptors (Lipinski definition) is 2. The maximum atomic E-state index is 14.3. The lowest BCUT2D eigenvalue weighted by Crippen LogP contribution is -2.36. The largest absolute Gasteiger partial charge is 0.481 e. The van der Waals surface area contributed by atoms with Gasteiger partial charge in [0, 0.05) is 6.54 Å². The molecule has 2 unspecified atom stereocenters. The van der Waals surface area contributed by atoms with E-state index in [2.05, 4.69) is 4.90 Å². The van der Waals surface area contributed by atoms with Crippen molar-refractivity contribution in [1.29, 1.82) is 0 Å². The van der Waals surface area contributed by atoms with Crippen LogP contribution in [0.1, 0.15) is 32.1 Å². The minimum atomic E-state index is -1.24. The summed E-state index contributed by atoms with van der Waals surface area (Å²) < 4.78 is 14.3. The normalized spacial score (nSPS) is 37.3. The highest BCUT2D eigenvalue weighted by molar-refractivity contribution is 5.70. The molecule has 2 fully saturated rings. The van der Waals surface area contributed by atoms with Gasteiger partial charge in [-0.15, -0.1) is 0 Å². The third kappa shape index (κ3) is 2.48. The fraction of sp³-hybridized carbons (Fsp3) is 0.909. The van der Waals surface area contributed by atoms with E-state index in [0.717, 1.165) is 25.9 Å². The number of carboxylic acid groups (broad SMARTS) is 1. The van der Waals surface area contributed by atoms with Crippen LogP contribution in [0.4, 0.5) is 4.39 Å². The predicted molar refractivity (Wildman–Crippen MR) is 54.5 cm³/mol. The summed E-state index contributed by atoms with van der Waals surface area (Å²) in [6.07, 6.45) is 3.43. The molecule has 0 spiro atoms. The molecule has 1 aliphatic heterocycles. The van der Waals surface area contributed by atoms with Crippen LogP contribution in [0.2, 0.25) is 0 Å². The molecule has 1 saturated carbocycles. The number of nitrogens with zero attached hydrogens (tertiary/aromatic N) is 1. The highest BCUT2D eigenvalue weighted by Gasteiger charge is 2.43. The van der Waals surface area contributed by atoms with E-state index in [1.54, 1.807) is 0 Å². The zero-order valence-electron chi connectivity index (χ0n) is 8.91. The van der Waals surface area contributed by atoms with Crippen molar-refractivity contribution >= 4 is 5.97 Å². The van der Waals surface area contributed by atoms with Crippen molar-refractivity contribution in [3.63, 3.8) is 0 Å². The van der Waals surface area contributed by atoms with Crippen LogP contribution < -0.4 is 0 Å². The lowest BCUT2D eigenvalue weighted by molar-refractivity contribution is -0.141. The summed E-state index contributed by atoms with van der Waals surface area (Å²) in [7, 11) is 0. The maximum Gasteiger partial charge on any atom is 0.306 e. The Morgan fingerprint density at radius 2 is 2.13 bits per heavy atom. The van der Waals surface area contributed by atoms with Gasteiger partial charge in [0.2, 0.25) is 0 Å². The Hall–Kier alpha value is -0.640. The van der Waals surface area contributed by atoms with Crippen LogP contribution in [-0.2, 0) is 4.79 Å². The summed E-state index contributed by atoms with van der Waals surface area (Å²) in [5.74, 6) is -1.30. The molecule has 0 amide bonds. The summed E-state index contributed by atoms with van der Waals surface area (Å²) in [5, 5.41) is 8.83. The number of carbonyl (C=O) groups is 1. The second-order valence-corrected chi connectivity index (χ2v) is 4.91. The molecule has 15 heavy (non-hydrogen) atoms. The fourth-order valence-corrected chi connectivity index (χ4v) is 2.77. The van der Waals surface area contributed by atoms with E-state index in [4.69, 9.17) is 5.11 Å². The molecule has 3 nitrogen and oxygen atoms in total. The molecule has 0 aromatic rings. The molecule has 0 radical (unpaired) electrons. The number of likely N-dealkylation sites (tertiary alicyclic amines) is 1. The molecule has 0 aromatic carbocycles. The molecule has 0 aromatic heterocycles. The monoisotopic (exact) mass is 215 g/mol. The molecule has 1 saturated heterocycles. The third-order valence-electron chi connectivity index (χ3n) is 3.61. The van der Waals surface area contributed by atoms with Crippen LogP contribution >= 0.6 is 0 Å². The first kappa shape index (κ1) is 10.9. The van der Waals surface area contributed by atoms with Gasteiger partial charge in [-0.05, 0) is 45.2 Å². The van der Waals surface area contributed by atoms with E-state index in [0.29, 0.717) is 19.4 Å². The SMILES string of the molecule is O=C(O)C1CCC(F)(CN2CCCC2)C1. The fourth-order valence-electron chi connectivity index (χ4n) is 2.77. The minimum absolute atomic E-state index is 0.207. The first-order chi connectivity index (χ1) is 7.09. The van der Waals surface area contributed by atoms with Crippen molar-refractivity contribution in [3.05, 3.63) is 0 Å². The lowest BCUT2D eigenvalue weighted by atomic mass is 10.0. The van der Waals surface area contributed by atoms with Crippen LogP contribution in [0.25, 0.3) is 0 Å². The Bertz CT molecular complexity index is 253. The molecule has 86 valence electrons. The first-order valence-electron chi connectivity index (χ1n) is 5.73. The Kier molecular flexibility index (Phi) is 2.96. The topological polar surface area (TPSA) is 40.5 Å². The standard InChI is InChI=1S/C11H18FNO2/c12-11(8-13-5-1-2-6-13)4-3-9(7-11)10(14)15/h9H,1-8H2,(H,14,15). The van der Waals surface area contributed by atoms with Gasteiger partial charge >= 0.3 is 5.97 Å². The van der Waals surface area contributed by atoms with Crippen LogP contribution in [0.15, 0.2) is 0 Å². The molecule has 0 bridgehead atoms. The summed E-state index contributed by atoms with van der Waals surface area (Å²) in [6.45, 7) is 2.39. The zero-order chi connectivity index (χ0) is 10.9. The Morgan fingerprint density at radius 1 is 1.47 bits per heavy atom. The van der Waals surface area contributed by atoms with Gasteiger partial charge in [0.1, 0.15) is 5.67 Å². The number of carboxylic acids is 1. The van der Waals surface area contributed by atoms with Crippen LogP contribution in [0.3, 0.4) is 0 Å². The van der Waals surface area contributed by atoms with Crippen molar-refractivity contribution in [1.82, 2.24) is 4.90 Å². The molecular formula is C11H18FNO2. The molecule has 1 aliphatic carbocycles. The third-order valence-corrected chi connectivity index (χ3v) is 3.61. The quantitative estimate of drug-likeness (QED) is 0.778. The predicted octanol–water partition coefficient (Wildman–Crippen LogP) is 1.68. The number of alkyl halides is 1. The molecule has 1 heterocycles. The van der Waals surface area contributed by atoms with Crippen molar-refractivity contribution in [2.75, 3.05) is 19.6 Å². The average Bonchev–Trinajstić information content (AvgIpc) is 2.75. The minimum Gasteiger partial charge on any atom is -0.481 e. The van der Waals surface area contributed by atoms with Gasteiger partial charge in [-0.2, -0.15) is 0 Å². The Morgan fingerprint density at radius 3 is 2.67 bits per heavy atom. The van der Waals surface area contributed by atoms with Crippen molar-refractivity contribution in [2.24, 2.45) is 5.92 Å². The van der Waals surface area contributed by atoms with E-state index in [1.165, 1.54) is 0 Å².